The van der Waals surface area contributed by atoms with E-state index < -0.39 is 14.6 Å². The maximum atomic E-state index is 5.42. The number of hydrogen-bond donors (Lipinski definition) is 0. The van der Waals surface area contributed by atoms with Gasteiger partial charge in [0.1, 0.15) is 0 Å². The van der Waals surface area contributed by atoms with Crippen LogP contribution >= 0.6 is 0 Å². The Labute approximate surface area is 90.7 Å². The Morgan fingerprint density at radius 1 is 0.933 bits per heavy atom. The summed E-state index contributed by atoms with van der Waals surface area (Å²) < 4.78 is 26.8. The molecule has 2 atom stereocenters. The lowest BCUT2D eigenvalue weighted by atomic mass is 10.0. The normalized spacial score (nSPS) is 33.2. The molecule has 2 fully saturated rings. The van der Waals surface area contributed by atoms with E-state index in [4.69, 9.17) is 23.2 Å². The van der Waals surface area contributed by atoms with Gasteiger partial charge >= 0.3 is 14.6 Å². The van der Waals surface area contributed by atoms with E-state index in [1.165, 1.54) is 0 Å². The second-order valence-corrected chi connectivity index (χ2v) is 3.93. The predicted octanol–water partition coefficient (Wildman–Crippen LogP) is 0.624. The monoisotopic (exact) mass is 214 g/mol. The Morgan fingerprint density at radius 3 is 1.80 bits per heavy atom. The summed E-state index contributed by atoms with van der Waals surface area (Å²) >= 11 is 0. The third kappa shape index (κ3) is 3.46. The average Bonchev–Trinajstić information content (AvgIpc) is 2.17. The van der Waals surface area contributed by atoms with Crippen LogP contribution in [0.25, 0.3) is 0 Å². The molecule has 2 heterocycles. The lowest BCUT2D eigenvalue weighted by Crippen LogP contribution is -2.46. The van der Waals surface area contributed by atoms with Crippen molar-refractivity contribution in [3.63, 3.8) is 0 Å². The molecule has 0 spiro atoms. The van der Waals surface area contributed by atoms with Gasteiger partial charge in [0.05, 0.1) is 0 Å². The molecule has 2 aliphatic heterocycles. The Morgan fingerprint density at radius 2 is 1.40 bits per heavy atom. The Balaban J connectivity index is 1.75. The van der Waals surface area contributed by atoms with Crippen LogP contribution in [0, 0.1) is 0 Å². The molecule has 0 amide bonds. The topological polar surface area (TPSA) is 46.2 Å². The second kappa shape index (κ2) is 5.32. The molecule has 84 valence electrons. The molecule has 0 aromatic carbocycles. The fraction of sp³-hybridized carbons (Fsp3) is 1.00. The van der Waals surface area contributed by atoms with Crippen molar-refractivity contribution in [2.45, 2.75) is 38.9 Å². The lowest BCUT2D eigenvalue weighted by molar-refractivity contribution is -0.00292. The van der Waals surface area contributed by atoms with Gasteiger partial charge in [0, 0.05) is 25.4 Å². The lowest BCUT2D eigenvalue weighted by Gasteiger charge is -2.29. The highest BCUT2D eigenvalue weighted by Gasteiger charge is 2.38. The zero-order valence-electron chi connectivity index (χ0n) is 9.18. The van der Waals surface area contributed by atoms with Crippen molar-refractivity contribution in [1.29, 1.82) is 0 Å². The Hall–Kier alpha value is -0.0701. The van der Waals surface area contributed by atoms with Crippen LogP contribution in [0.5, 0.6) is 0 Å². The summed E-state index contributed by atoms with van der Waals surface area (Å²) in [7, 11) is -1.33. The third-order valence-corrected chi connectivity index (χ3v) is 2.47. The quantitative estimate of drug-likeness (QED) is 0.630. The smallest absolute Gasteiger partial charge is 0.399 e. The van der Waals surface area contributed by atoms with Gasteiger partial charge in [0.2, 0.25) is 0 Å². The van der Waals surface area contributed by atoms with Crippen molar-refractivity contribution in [3.05, 3.63) is 0 Å². The van der Waals surface area contributed by atoms with Gasteiger partial charge in [-0.15, -0.1) is 0 Å². The summed E-state index contributed by atoms with van der Waals surface area (Å²) in [5.74, 6) is 0. The number of rotatable bonds is 2. The molecule has 5 nitrogen and oxygen atoms in total. The highest BCUT2D eigenvalue weighted by atomic mass is 16.8. The van der Waals surface area contributed by atoms with Crippen LogP contribution in [0.15, 0.2) is 0 Å². The first-order chi connectivity index (χ1) is 7.24. The molecule has 0 aromatic rings. The predicted molar refractivity (Wildman–Crippen MR) is 54.8 cm³/mol. The van der Waals surface area contributed by atoms with E-state index in [-0.39, 0.29) is 12.2 Å². The molecule has 15 heavy (non-hydrogen) atoms. The standard InChI is InChI=1S/C8H16B2O5/c1-7-3-5-11-9(13-7)15-10-12-6-4-8(2)14-10/h7-8H,3-6H2,1-2H3. The van der Waals surface area contributed by atoms with Gasteiger partial charge in [-0.2, -0.15) is 0 Å². The minimum Gasteiger partial charge on any atom is -0.399 e. The Kier molecular flexibility index (Phi) is 4.05. The van der Waals surface area contributed by atoms with Crippen LogP contribution in [0.2, 0.25) is 0 Å². The molecule has 0 radical (unpaired) electrons. The van der Waals surface area contributed by atoms with Crippen molar-refractivity contribution < 1.29 is 23.2 Å². The molecule has 7 heteroatoms. The van der Waals surface area contributed by atoms with Crippen LogP contribution in [-0.2, 0) is 23.2 Å². The fourth-order valence-electron chi connectivity index (χ4n) is 1.49. The molecule has 2 unspecified atom stereocenters. The summed E-state index contributed by atoms with van der Waals surface area (Å²) in [6.07, 6.45) is 2.10. The average molecular weight is 214 g/mol. The van der Waals surface area contributed by atoms with Crippen LogP contribution in [0.3, 0.4) is 0 Å². The molecule has 0 saturated carbocycles. The Bertz CT molecular complexity index is 185. The van der Waals surface area contributed by atoms with E-state index in [0.29, 0.717) is 13.2 Å². The highest BCUT2D eigenvalue weighted by Crippen LogP contribution is 2.15. The number of hydrogen-bond acceptors (Lipinski definition) is 5. The summed E-state index contributed by atoms with van der Waals surface area (Å²) in [6.45, 7) is 5.27. The highest BCUT2D eigenvalue weighted by molar-refractivity contribution is 6.52. The van der Waals surface area contributed by atoms with Crippen molar-refractivity contribution in [2.75, 3.05) is 13.2 Å². The molecule has 2 saturated heterocycles. The molecular weight excluding hydrogens is 198 g/mol. The van der Waals surface area contributed by atoms with Gasteiger partial charge in [-0.3, -0.25) is 0 Å². The van der Waals surface area contributed by atoms with Gasteiger partial charge in [-0.1, -0.05) is 0 Å². The van der Waals surface area contributed by atoms with Crippen LogP contribution in [0.4, 0.5) is 0 Å². The minimum atomic E-state index is -0.663. The van der Waals surface area contributed by atoms with Gasteiger partial charge in [0.25, 0.3) is 0 Å². The van der Waals surface area contributed by atoms with Gasteiger partial charge in [-0.25, -0.2) is 0 Å². The first-order valence-corrected chi connectivity index (χ1v) is 5.43. The third-order valence-electron chi connectivity index (χ3n) is 2.47. The van der Waals surface area contributed by atoms with Gasteiger partial charge in [-0.05, 0) is 26.7 Å². The molecule has 2 rings (SSSR count). The van der Waals surface area contributed by atoms with Gasteiger partial charge < -0.3 is 23.2 Å². The van der Waals surface area contributed by atoms with E-state index >= 15 is 0 Å². The molecular formula is C8H16B2O5. The molecule has 0 aromatic heterocycles. The largest absolute Gasteiger partial charge is 0.627 e. The van der Waals surface area contributed by atoms with Gasteiger partial charge in [0.15, 0.2) is 0 Å². The summed E-state index contributed by atoms with van der Waals surface area (Å²) in [6, 6.07) is 0. The zero-order chi connectivity index (χ0) is 10.7. The van der Waals surface area contributed by atoms with Crippen molar-refractivity contribution in [2.24, 2.45) is 0 Å². The minimum absolute atomic E-state index is 0.157. The molecule has 0 aliphatic carbocycles. The van der Waals surface area contributed by atoms with E-state index in [2.05, 4.69) is 0 Å². The first kappa shape index (κ1) is 11.4. The van der Waals surface area contributed by atoms with Crippen LogP contribution in [0.1, 0.15) is 26.7 Å². The van der Waals surface area contributed by atoms with E-state index in [9.17, 15) is 0 Å². The van der Waals surface area contributed by atoms with E-state index in [1.54, 1.807) is 0 Å². The fourth-order valence-corrected chi connectivity index (χ4v) is 1.49. The molecule has 2 aliphatic rings. The summed E-state index contributed by atoms with van der Waals surface area (Å²) in [5.41, 5.74) is 0. The molecule has 0 N–H and O–H groups in total. The zero-order valence-corrected chi connectivity index (χ0v) is 9.18. The van der Waals surface area contributed by atoms with E-state index in [1.807, 2.05) is 13.8 Å². The first-order valence-electron chi connectivity index (χ1n) is 5.43. The maximum Gasteiger partial charge on any atom is 0.627 e. The van der Waals surface area contributed by atoms with Crippen LogP contribution in [-0.4, -0.2) is 40.1 Å². The SMILES string of the molecule is CC1CCOB(OB2OCCC(C)O2)O1. The van der Waals surface area contributed by atoms with Crippen molar-refractivity contribution in [3.8, 4) is 0 Å². The molecule has 0 bridgehead atoms. The van der Waals surface area contributed by atoms with Crippen molar-refractivity contribution >= 4 is 14.6 Å². The maximum absolute atomic E-state index is 5.42. The summed E-state index contributed by atoms with van der Waals surface area (Å²) in [5, 5.41) is 0. The van der Waals surface area contributed by atoms with Crippen molar-refractivity contribution in [1.82, 2.24) is 0 Å². The van der Waals surface area contributed by atoms with Crippen LogP contribution < -0.4 is 0 Å². The van der Waals surface area contributed by atoms with E-state index in [0.717, 1.165) is 12.8 Å². The summed E-state index contributed by atoms with van der Waals surface area (Å²) in [4.78, 5) is 0. The second-order valence-electron chi connectivity index (χ2n) is 3.93.